The van der Waals surface area contributed by atoms with Crippen molar-refractivity contribution in [1.29, 1.82) is 0 Å². The van der Waals surface area contributed by atoms with Gasteiger partial charge in [0.2, 0.25) is 0 Å². The van der Waals surface area contributed by atoms with Gasteiger partial charge < -0.3 is 10.0 Å². The Hall–Kier alpha value is -0.650. The van der Waals surface area contributed by atoms with Crippen LogP contribution in [0.3, 0.4) is 0 Å². The highest BCUT2D eigenvalue weighted by molar-refractivity contribution is 5.66. The molecule has 2 rings (SSSR count). The van der Waals surface area contributed by atoms with Gasteiger partial charge >= 0.3 is 5.97 Å². The highest BCUT2D eigenvalue weighted by Gasteiger charge is 2.30. The summed E-state index contributed by atoms with van der Waals surface area (Å²) >= 11 is 0. The van der Waals surface area contributed by atoms with E-state index in [9.17, 15) is 4.79 Å². The van der Waals surface area contributed by atoms with Crippen molar-refractivity contribution in [2.24, 2.45) is 0 Å². The van der Waals surface area contributed by atoms with Crippen LogP contribution >= 0.6 is 0 Å². The molecule has 1 atom stereocenters. The third kappa shape index (κ3) is 4.16. The Morgan fingerprint density at radius 3 is 2.42 bits per heavy atom. The van der Waals surface area contributed by atoms with Gasteiger partial charge in [-0.05, 0) is 20.3 Å². The van der Waals surface area contributed by atoms with Crippen molar-refractivity contribution in [3.05, 3.63) is 0 Å². The molecular weight excluding hydrogens is 242 g/mol. The Kier molecular flexibility index (Phi) is 5.19. The predicted molar refractivity (Wildman–Crippen MR) is 75.4 cm³/mol. The minimum atomic E-state index is -0.689. The lowest BCUT2D eigenvalue weighted by molar-refractivity contribution is -0.137. The van der Waals surface area contributed by atoms with Gasteiger partial charge in [-0.25, -0.2) is 0 Å². The molecular formula is C14H27N3O2. The molecule has 0 spiro atoms. The first-order chi connectivity index (χ1) is 9.06. The van der Waals surface area contributed by atoms with Crippen LogP contribution in [-0.4, -0.2) is 83.7 Å². The Labute approximate surface area is 116 Å². The first-order valence-corrected chi connectivity index (χ1v) is 7.48. The maximum Gasteiger partial charge on any atom is 0.304 e. The second-order valence-corrected chi connectivity index (χ2v) is 6.05. The number of likely N-dealkylation sites (tertiary alicyclic amines) is 1. The molecule has 1 N–H and O–H groups in total. The van der Waals surface area contributed by atoms with Crippen molar-refractivity contribution >= 4 is 5.97 Å². The highest BCUT2D eigenvalue weighted by atomic mass is 16.4. The molecule has 0 aromatic rings. The van der Waals surface area contributed by atoms with Crippen LogP contribution < -0.4 is 0 Å². The van der Waals surface area contributed by atoms with Crippen molar-refractivity contribution < 1.29 is 9.90 Å². The van der Waals surface area contributed by atoms with E-state index in [-0.39, 0.29) is 6.42 Å². The molecule has 0 aromatic heterocycles. The summed E-state index contributed by atoms with van der Waals surface area (Å²) in [7, 11) is 0. The van der Waals surface area contributed by atoms with Crippen LogP contribution in [0.1, 0.15) is 26.7 Å². The average molecular weight is 269 g/mol. The number of aliphatic carboxylic acids is 1. The number of rotatable bonds is 5. The van der Waals surface area contributed by atoms with Gasteiger partial charge in [0.25, 0.3) is 0 Å². The molecule has 2 saturated heterocycles. The van der Waals surface area contributed by atoms with Gasteiger partial charge in [0.15, 0.2) is 0 Å². The van der Waals surface area contributed by atoms with E-state index in [0.717, 1.165) is 26.2 Å². The fourth-order valence-corrected chi connectivity index (χ4v) is 3.14. The number of carboxylic acids is 1. The summed E-state index contributed by atoms with van der Waals surface area (Å²) in [5.41, 5.74) is 0. The first-order valence-electron chi connectivity index (χ1n) is 7.48. The number of carboxylic acid groups (broad SMARTS) is 1. The predicted octanol–water partition coefficient (Wildman–Crippen LogP) is 0.561. The van der Waals surface area contributed by atoms with Crippen LogP contribution in [0, 0.1) is 0 Å². The maximum atomic E-state index is 10.6. The molecule has 1 unspecified atom stereocenters. The van der Waals surface area contributed by atoms with Gasteiger partial charge in [-0.15, -0.1) is 0 Å². The maximum absolute atomic E-state index is 10.6. The summed E-state index contributed by atoms with van der Waals surface area (Å²) in [5, 5.41) is 8.71. The minimum Gasteiger partial charge on any atom is -0.481 e. The number of piperazine rings is 1. The minimum absolute atomic E-state index is 0.268. The average Bonchev–Trinajstić information content (AvgIpc) is 2.86. The molecule has 5 nitrogen and oxygen atoms in total. The fraction of sp³-hybridized carbons (Fsp3) is 0.929. The number of hydrogen-bond acceptors (Lipinski definition) is 4. The standard InChI is InChI=1S/C14H27N3O2/c1-12(2)17-6-3-13(11-17)16-9-7-15(8-10-16)5-4-14(18)19/h12-13H,3-11H2,1-2H3,(H,18,19). The normalized spacial score (nSPS) is 27.2. The molecule has 2 aliphatic heterocycles. The van der Waals surface area contributed by atoms with Gasteiger partial charge in [-0.2, -0.15) is 0 Å². The van der Waals surface area contributed by atoms with E-state index in [0.29, 0.717) is 18.6 Å². The van der Waals surface area contributed by atoms with Crippen LogP contribution in [0.4, 0.5) is 0 Å². The van der Waals surface area contributed by atoms with Crippen molar-refractivity contribution in [3.8, 4) is 0 Å². The second-order valence-electron chi connectivity index (χ2n) is 6.05. The van der Waals surface area contributed by atoms with Gasteiger partial charge in [-0.3, -0.25) is 14.6 Å². The quantitative estimate of drug-likeness (QED) is 0.790. The van der Waals surface area contributed by atoms with E-state index in [1.807, 2.05) is 0 Å². The lowest BCUT2D eigenvalue weighted by Gasteiger charge is -2.38. The van der Waals surface area contributed by atoms with Crippen LogP contribution in [0.2, 0.25) is 0 Å². The summed E-state index contributed by atoms with van der Waals surface area (Å²) in [6.45, 7) is 11.9. The zero-order chi connectivity index (χ0) is 13.8. The van der Waals surface area contributed by atoms with Gasteiger partial charge in [0, 0.05) is 57.9 Å². The van der Waals surface area contributed by atoms with E-state index >= 15 is 0 Å². The third-order valence-electron chi connectivity index (χ3n) is 4.49. The third-order valence-corrected chi connectivity index (χ3v) is 4.49. The molecule has 0 bridgehead atoms. The van der Waals surface area contributed by atoms with Crippen LogP contribution in [0.5, 0.6) is 0 Å². The van der Waals surface area contributed by atoms with Gasteiger partial charge in [0.05, 0.1) is 6.42 Å². The Bertz CT molecular complexity index is 301. The molecule has 0 radical (unpaired) electrons. The smallest absolute Gasteiger partial charge is 0.304 e. The SMILES string of the molecule is CC(C)N1CCC(N2CCN(CCC(=O)O)CC2)C1. The zero-order valence-corrected chi connectivity index (χ0v) is 12.2. The van der Waals surface area contributed by atoms with E-state index in [1.54, 1.807) is 0 Å². The molecule has 0 amide bonds. The summed E-state index contributed by atoms with van der Waals surface area (Å²) < 4.78 is 0. The van der Waals surface area contributed by atoms with Crippen molar-refractivity contribution in [2.75, 3.05) is 45.8 Å². The molecule has 0 aromatic carbocycles. The Morgan fingerprint density at radius 1 is 1.21 bits per heavy atom. The van der Waals surface area contributed by atoms with E-state index in [2.05, 4.69) is 28.5 Å². The second kappa shape index (κ2) is 6.68. The summed E-state index contributed by atoms with van der Waals surface area (Å²) in [4.78, 5) is 18.0. The van der Waals surface area contributed by atoms with Gasteiger partial charge in [-0.1, -0.05) is 0 Å². The topological polar surface area (TPSA) is 47.0 Å². The van der Waals surface area contributed by atoms with Crippen LogP contribution in [0.25, 0.3) is 0 Å². The summed E-state index contributed by atoms with van der Waals surface area (Å²) in [6.07, 6.45) is 1.55. The van der Waals surface area contributed by atoms with Crippen molar-refractivity contribution in [2.45, 2.75) is 38.8 Å². The molecule has 19 heavy (non-hydrogen) atoms. The highest BCUT2D eigenvalue weighted by Crippen LogP contribution is 2.19. The zero-order valence-electron chi connectivity index (χ0n) is 12.2. The fourth-order valence-electron chi connectivity index (χ4n) is 3.14. The molecule has 0 aliphatic carbocycles. The number of carbonyl (C=O) groups is 1. The molecule has 110 valence electrons. The number of nitrogens with zero attached hydrogens (tertiary/aromatic N) is 3. The molecule has 2 fully saturated rings. The lowest BCUT2D eigenvalue weighted by Crippen LogP contribution is -2.51. The summed E-state index contributed by atoms with van der Waals surface area (Å²) in [5.74, 6) is -0.689. The largest absolute Gasteiger partial charge is 0.481 e. The summed E-state index contributed by atoms with van der Waals surface area (Å²) in [6, 6.07) is 1.37. The van der Waals surface area contributed by atoms with Gasteiger partial charge in [0.1, 0.15) is 0 Å². The first kappa shape index (κ1) is 14.8. The Balaban J connectivity index is 1.70. The van der Waals surface area contributed by atoms with Crippen molar-refractivity contribution in [1.82, 2.24) is 14.7 Å². The Morgan fingerprint density at radius 2 is 1.89 bits per heavy atom. The molecule has 0 saturated carbocycles. The molecule has 5 heteroatoms. The van der Waals surface area contributed by atoms with E-state index < -0.39 is 5.97 Å². The van der Waals surface area contributed by atoms with E-state index in [1.165, 1.54) is 19.5 Å². The lowest BCUT2D eigenvalue weighted by atomic mass is 10.2. The van der Waals surface area contributed by atoms with Crippen LogP contribution in [-0.2, 0) is 4.79 Å². The molecule has 2 heterocycles. The van der Waals surface area contributed by atoms with Crippen LogP contribution in [0.15, 0.2) is 0 Å². The van der Waals surface area contributed by atoms with Crippen molar-refractivity contribution in [3.63, 3.8) is 0 Å². The molecule has 2 aliphatic rings. The van der Waals surface area contributed by atoms with E-state index in [4.69, 9.17) is 5.11 Å². The monoisotopic (exact) mass is 269 g/mol. The number of hydrogen-bond donors (Lipinski definition) is 1.